The normalized spacial score (nSPS) is 42.8. The van der Waals surface area contributed by atoms with Gasteiger partial charge in [0.1, 0.15) is 0 Å². The lowest BCUT2D eigenvalue weighted by molar-refractivity contribution is -0.139. The number of carbonyl (C=O) groups is 1. The molecule has 6 rings (SSSR count). The van der Waals surface area contributed by atoms with Crippen LogP contribution in [0.3, 0.4) is 0 Å². The summed E-state index contributed by atoms with van der Waals surface area (Å²) < 4.78 is 95.6. The van der Waals surface area contributed by atoms with Crippen molar-refractivity contribution >= 4 is 76.4 Å². The second-order valence-corrected chi connectivity index (χ2v) is 44.4. The van der Waals surface area contributed by atoms with Crippen molar-refractivity contribution in [2.24, 2.45) is 0 Å². The van der Waals surface area contributed by atoms with E-state index >= 15 is 0 Å². The average molecular weight is 845 g/mol. The van der Waals surface area contributed by atoms with Crippen LogP contribution in [0.1, 0.15) is 110 Å². The van der Waals surface area contributed by atoms with Gasteiger partial charge in [0, 0.05) is 50.4 Å². The van der Waals surface area contributed by atoms with Gasteiger partial charge < -0.3 is 54.1 Å². The first-order valence-electron chi connectivity index (χ1n) is 18.2. The van der Waals surface area contributed by atoms with Crippen molar-refractivity contribution in [1.29, 1.82) is 0 Å². The fourth-order valence-corrected chi connectivity index (χ4v) is 60.2. The summed E-state index contributed by atoms with van der Waals surface area (Å²) in [5, 5.41) is 0. The molecule has 22 heteroatoms. The maximum Gasteiger partial charge on any atom is 0.481 e. The molecule has 288 valence electrons. The number of ether oxygens (including phenoxy) is 1. The Labute approximate surface area is 308 Å². The smallest absolute Gasteiger partial charge is 0.462 e. The van der Waals surface area contributed by atoms with Crippen molar-refractivity contribution in [3.05, 3.63) is 12.2 Å². The SMILES string of the molecule is C=C(C)C(=O)OCCC[Si]12O[Si]3(C(C)C)O[Si]4(C(C)C)O[Si](C(C)C)(O1)O[Si]1(C(C)C)O[Si](C(C)C)(O2)O[Si](C(C)C)(O3)O[Si](C(C)C)(O4)O1. The first-order valence-corrected chi connectivity index (χ1v) is 32.7. The fraction of sp³-hybridized carbons (Fsp3) is 0.893. The molecule has 6 aliphatic heterocycles. The molecule has 6 fully saturated rings. The third-order valence-electron chi connectivity index (χ3n) is 9.61. The van der Waals surface area contributed by atoms with E-state index in [4.69, 9.17) is 54.1 Å². The summed E-state index contributed by atoms with van der Waals surface area (Å²) in [4.78, 5) is 12.4. The van der Waals surface area contributed by atoms with Crippen molar-refractivity contribution in [2.75, 3.05) is 6.61 Å². The largest absolute Gasteiger partial charge is 0.481 e. The van der Waals surface area contributed by atoms with Crippen molar-refractivity contribution in [2.45, 2.75) is 155 Å². The van der Waals surface area contributed by atoms with Crippen LogP contribution < -0.4 is 0 Å². The summed E-state index contributed by atoms with van der Waals surface area (Å²) in [6.45, 7) is 33.7. The maximum atomic E-state index is 12.4. The first kappa shape index (κ1) is 41.6. The number of hydrogen-bond acceptors (Lipinski definition) is 14. The van der Waals surface area contributed by atoms with Gasteiger partial charge in [-0.2, -0.15) is 0 Å². The highest BCUT2D eigenvalue weighted by molar-refractivity contribution is 7.04. The number of hydrogen-bond donors (Lipinski definition) is 0. The van der Waals surface area contributed by atoms with Gasteiger partial charge in [-0.25, -0.2) is 4.79 Å². The molecular weight excluding hydrogens is 785 g/mol. The van der Waals surface area contributed by atoms with Crippen LogP contribution in [0.25, 0.3) is 0 Å². The standard InChI is InChI=1S/C28H60O14Si8/c1-20(2)28(29)30-18-17-19-43-31-44(21(3)4)34-47(24(9)10)36-45(32-43,22(5)6)38-49(26(13)14)39-46(33-43,23(7)8)37-48(35-44,25(11)12)41-50(40-47,42-49)27(15)16/h21-27H,1,17-19H2,2-16H3. The van der Waals surface area contributed by atoms with E-state index in [-0.39, 0.29) is 51.4 Å². The molecule has 0 atom stereocenters. The molecule has 0 aliphatic carbocycles. The van der Waals surface area contributed by atoms with Crippen LogP contribution in [0.15, 0.2) is 12.2 Å². The minimum Gasteiger partial charge on any atom is -0.462 e. The number of rotatable bonds is 12. The van der Waals surface area contributed by atoms with Gasteiger partial charge in [0.2, 0.25) is 0 Å². The molecule has 8 bridgehead atoms. The molecular formula is C28H60O14Si8. The lowest BCUT2D eigenvalue weighted by atomic mass is 10.4. The van der Waals surface area contributed by atoms with Gasteiger partial charge in [-0.05, 0) is 13.3 Å². The van der Waals surface area contributed by atoms with E-state index in [2.05, 4.69) is 6.58 Å². The molecule has 50 heavy (non-hydrogen) atoms. The highest BCUT2D eigenvalue weighted by atomic mass is 28.6. The van der Waals surface area contributed by atoms with Gasteiger partial charge in [-0.1, -0.05) is 104 Å². The summed E-state index contributed by atoms with van der Waals surface area (Å²) in [6.07, 6.45) is 0.345. The second-order valence-electron chi connectivity index (χ2n) is 16.2. The Balaban J connectivity index is 1.88. The van der Waals surface area contributed by atoms with E-state index in [1.54, 1.807) is 6.92 Å². The predicted molar refractivity (Wildman–Crippen MR) is 200 cm³/mol. The van der Waals surface area contributed by atoms with Crippen molar-refractivity contribution in [1.82, 2.24) is 0 Å². The molecule has 0 amide bonds. The molecule has 6 saturated heterocycles. The lowest BCUT2D eigenvalue weighted by Gasteiger charge is -2.66. The molecule has 6 aliphatic rings. The minimum atomic E-state index is -4.07. The Kier molecular flexibility index (Phi) is 11.6. The summed E-state index contributed by atoms with van der Waals surface area (Å²) in [5.74, 6) is -0.474. The van der Waals surface area contributed by atoms with Crippen molar-refractivity contribution < 1.29 is 58.9 Å². The van der Waals surface area contributed by atoms with E-state index < -0.39 is 76.4 Å². The van der Waals surface area contributed by atoms with E-state index in [9.17, 15) is 4.79 Å². The molecule has 0 aromatic rings. The van der Waals surface area contributed by atoms with Gasteiger partial charge in [0.25, 0.3) is 0 Å². The van der Waals surface area contributed by atoms with Crippen molar-refractivity contribution in [3.8, 4) is 0 Å². The van der Waals surface area contributed by atoms with Crippen LogP contribution in [0.2, 0.25) is 44.8 Å². The van der Waals surface area contributed by atoms with E-state index in [1.807, 2.05) is 96.9 Å². The Hall–Kier alpha value is 0.465. The highest BCUT2D eigenvalue weighted by Crippen LogP contribution is 2.59. The molecule has 0 aromatic carbocycles. The summed E-state index contributed by atoms with van der Waals surface area (Å²) in [7, 11) is -31.8. The quantitative estimate of drug-likeness (QED) is 0.0852. The second kappa shape index (κ2) is 13.9. The monoisotopic (exact) mass is 844 g/mol. The molecule has 0 spiro atoms. The molecule has 0 saturated carbocycles. The van der Waals surface area contributed by atoms with Crippen LogP contribution in [0.5, 0.6) is 0 Å². The molecule has 6 heterocycles. The van der Waals surface area contributed by atoms with Gasteiger partial charge in [-0.15, -0.1) is 0 Å². The molecule has 0 N–H and O–H groups in total. The molecule has 0 unspecified atom stereocenters. The van der Waals surface area contributed by atoms with Crippen LogP contribution in [-0.4, -0.2) is 83.0 Å². The third-order valence-corrected chi connectivity index (χ3v) is 48.1. The zero-order valence-corrected chi connectivity index (χ0v) is 40.6. The van der Waals surface area contributed by atoms with Crippen LogP contribution in [-0.2, 0) is 58.9 Å². The predicted octanol–water partition coefficient (Wildman–Crippen LogP) is 7.14. The number of carbonyl (C=O) groups excluding carboxylic acids is 1. The first-order chi connectivity index (χ1) is 22.9. The zero-order chi connectivity index (χ0) is 37.5. The molecule has 0 radical (unpaired) electrons. The van der Waals surface area contributed by atoms with Gasteiger partial charge >= 0.3 is 76.4 Å². The maximum absolute atomic E-state index is 12.4. The number of esters is 1. The third kappa shape index (κ3) is 6.83. The van der Waals surface area contributed by atoms with Crippen LogP contribution in [0, 0.1) is 0 Å². The zero-order valence-electron chi connectivity index (χ0n) is 32.6. The van der Waals surface area contributed by atoms with E-state index in [1.165, 1.54) is 0 Å². The Morgan fingerprint density at radius 1 is 0.460 bits per heavy atom. The van der Waals surface area contributed by atoms with Gasteiger partial charge in [0.05, 0.1) is 6.61 Å². The van der Waals surface area contributed by atoms with Crippen LogP contribution >= 0.6 is 0 Å². The lowest BCUT2D eigenvalue weighted by Crippen LogP contribution is -2.90. The Bertz CT molecular complexity index is 1180. The summed E-state index contributed by atoms with van der Waals surface area (Å²) in [5.41, 5.74) is -1.76. The summed E-state index contributed by atoms with van der Waals surface area (Å²) >= 11 is 0. The average Bonchev–Trinajstić information content (AvgIpc) is 2.92. The molecule has 0 aromatic heterocycles. The van der Waals surface area contributed by atoms with Crippen molar-refractivity contribution in [3.63, 3.8) is 0 Å². The fourth-order valence-electron chi connectivity index (χ4n) is 6.14. The Morgan fingerprint density at radius 3 is 0.880 bits per heavy atom. The van der Waals surface area contributed by atoms with Gasteiger partial charge in [0.15, 0.2) is 0 Å². The minimum absolute atomic E-state index is 0.0856. The Morgan fingerprint density at radius 2 is 0.680 bits per heavy atom. The van der Waals surface area contributed by atoms with Crippen LogP contribution in [0.4, 0.5) is 0 Å². The van der Waals surface area contributed by atoms with E-state index in [0.29, 0.717) is 12.0 Å². The highest BCUT2D eigenvalue weighted by Gasteiger charge is 2.85. The molecule has 14 nitrogen and oxygen atoms in total. The topological polar surface area (TPSA) is 137 Å². The van der Waals surface area contributed by atoms with E-state index in [0.717, 1.165) is 0 Å². The van der Waals surface area contributed by atoms with Gasteiger partial charge in [-0.3, -0.25) is 0 Å². The summed E-state index contributed by atoms with van der Waals surface area (Å²) in [6, 6.07) is 0.225.